The van der Waals surface area contributed by atoms with Gasteiger partial charge in [0.25, 0.3) is 0 Å². The molecule has 0 radical (unpaired) electrons. The van der Waals surface area contributed by atoms with E-state index in [1.165, 1.54) is 12.1 Å². The first kappa shape index (κ1) is 12.3. The summed E-state index contributed by atoms with van der Waals surface area (Å²) >= 11 is 0. The lowest BCUT2D eigenvalue weighted by Crippen LogP contribution is -2.42. The maximum atomic E-state index is 12.9. The van der Waals surface area contributed by atoms with Gasteiger partial charge in [0.05, 0.1) is 6.54 Å². The third-order valence-electron chi connectivity index (χ3n) is 3.29. The number of nitrogens with one attached hydrogen (secondary N) is 1. The van der Waals surface area contributed by atoms with Crippen molar-refractivity contribution < 1.29 is 8.91 Å². The topological polar surface area (TPSA) is 41.3 Å². The fraction of sp³-hybridized carbons (Fsp3) is 0.357. The quantitative estimate of drug-likeness (QED) is 0.916. The van der Waals surface area contributed by atoms with Crippen LogP contribution in [0.2, 0.25) is 0 Å². The van der Waals surface area contributed by atoms with Crippen molar-refractivity contribution in [1.82, 2.24) is 15.4 Å². The Morgan fingerprint density at radius 3 is 2.68 bits per heavy atom. The highest BCUT2D eigenvalue weighted by atomic mass is 19.1. The van der Waals surface area contributed by atoms with Crippen molar-refractivity contribution in [2.75, 3.05) is 26.2 Å². The molecule has 1 aromatic heterocycles. The summed E-state index contributed by atoms with van der Waals surface area (Å²) in [6.07, 6.45) is 0. The van der Waals surface area contributed by atoms with Crippen molar-refractivity contribution in [3.8, 4) is 11.3 Å². The number of benzene rings is 1. The number of rotatable bonds is 3. The zero-order valence-corrected chi connectivity index (χ0v) is 10.6. The SMILES string of the molecule is Fc1ccc(-c2cc(CN3CCNCC3)on2)cc1. The van der Waals surface area contributed by atoms with E-state index in [2.05, 4.69) is 15.4 Å². The molecule has 4 nitrogen and oxygen atoms in total. The molecule has 0 unspecified atom stereocenters. The lowest BCUT2D eigenvalue weighted by Gasteiger charge is -2.25. The van der Waals surface area contributed by atoms with E-state index in [0.29, 0.717) is 0 Å². The van der Waals surface area contributed by atoms with Gasteiger partial charge in [-0.1, -0.05) is 5.16 Å². The van der Waals surface area contributed by atoms with E-state index in [0.717, 1.165) is 49.7 Å². The molecule has 1 aromatic carbocycles. The van der Waals surface area contributed by atoms with Gasteiger partial charge >= 0.3 is 0 Å². The number of hydrogen-bond donors (Lipinski definition) is 1. The van der Waals surface area contributed by atoms with Crippen LogP contribution in [0.4, 0.5) is 4.39 Å². The first-order valence-electron chi connectivity index (χ1n) is 6.46. The first-order valence-corrected chi connectivity index (χ1v) is 6.46. The van der Waals surface area contributed by atoms with Crippen LogP contribution in [0.15, 0.2) is 34.9 Å². The summed E-state index contributed by atoms with van der Waals surface area (Å²) in [5.74, 6) is 0.606. The van der Waals surface area contributed by atoms with Gasteiger partial charge in [-0.05, 0) is 24.3 Å². The van der Waals surface area contributed by atoms with Gasteiger partial charge in [0.1, 0.15) is 11.5 Å². The van der Waals surface area contributed by atoms with Crippen LogP contribution in [-0.2, 0) is 6.54 Å². The molecule has 0 spiro atoms. The summed E-state index contributed by atoms with van der Waals surface area (Å²) in [5.41, 5.74) is 1.63. The van der Waals surface area contributed by atoms with Crippen LogP contribution in [0.3, 0.4) is 0 Å². The second kappa shape index (κ2) is 5.50. The summed E-state index contributed by atoms with van der Waals surface area (Å²) in [7, 11) is 0. The van der Waals surface area contributed by atoms with Crippen molar-refractivity contribution in [3.63, 3.8) is 0 Å². The predicted molar refractivity (Wildman–Crippen MR) is 70.0 cm³/mol. The first-order chi connectivity index (χ1) is 9.31. The highest BCUT2D eigenvalue weighted by Gasteiger charge is 2.13. The van der Waals surface area contributed by atoms with E-state index in [1.807, 2.05) is 6.07 Å². The molecule has 5 heteroatoms. The molecular formula is C14H16FN3O. The molecule has 0 amide bonds. The van der Waals surface area contributed by atoms with Crippen LogP contribution >= 0.6 is 0 Å². The lowest BCUT2D eigenvalue weighted by molar-refractivity contribution is 0.207. The van der Waals surface area contributed by atoms with E-state index in [4.69, 9.17) is 4.52 Å². The average molecular weight is 261 g/mol. The molecule has 1 aliphatic rings. The third kappa shape index (κ3) is 3.00. The van der Waals surface area contributed by atoms with Crippen molar-refractivity contribution in [2.24, 2.45) is 0 Å². The third-order valence-corrected chi connectivity index (χ3v) is 3.29. The molecule has 1 saturated heterocycles. The van der Waals surface area contributed by atoms with Gasteiger partial charge in [-0.2, -0.15) is 0 Å². The molecule has 19 heavy (non-hydrogen) atoms. The van der Waals surface area contributed by atoms with Gasteiger partial charge in [0.15, 0.2) is 5.76 Å². The largest absolute Gasteiger partial charge is 0.359 e. The second-order valence-corrected chi connectivity index (χ2v) is 4.71. The Morgan fingerprint density at radius 2 is 1.95 bits per heavy atom. The normalized spacial score (nSPS) is 16.7. The number of hydrogen-bond acceptors (Lipinski definition) is 4. The predicted octanol–water partition coefficient (Wildman–Crippen LogP) is 1.89. The van der Waals surface area contributed by atoms with Crippen LogP contribution in [0.1, 0.15) is 5.76 Å². The zero-order chi connectivity index (χ0) is 13.1. The molecule has 2 aromatic rings. The van der Waals surface area contributed by atoms with Crippen LogP contribution in [-0.4, -0.2) is 36.2 Å². The minimum Gasteiger partial charge on any atom is -0.359 e. The molecule has 2 heterocycles. The molecule has 1 fully saturated rings. The lowest BCUT2D eigenvalue weighted by atomic mass is 10.1. The number of nitrogens with zero attached hydrogens (tertiary/aromatic N) is 2. The summed E-state index contributed by atoms with van der Waals surface area (Å²) in [6, 6.07) is 8.21. The smallest absolute Gasteiger partial charge is 0.151 e. The molecule has 1 aliphatic heterocycles. The van der Waals surface area contributed by atoms with Crippen LogP contribution < -0.4 is 5.32 Å². The molecular weight excluding hydrogens is 245 g/mol. The Hall–Kier alpha value is -1.72. The van der Waals surface area contributed by atoms with Crippen LogP contribution in [0.25, 0.3) is 11.3 Å². The molecule has 1 N–H and O–H groups in total. The summed E-state index contributed by atoms with van der Waals surface area (Å²) in [5, 5.41) is 7.36. The van der Waals surface area contributed by atoms with E-state index in [9.17, 15) is 4.39 Å². The molecule has 0 atom stereocenters. The van der Waals surface area contributed by atoms with Gasteiger partial charge in [-0.25, -0.2) is 4.39 Å². The van der Waals surface area contributed by atoms with Crippen molar-refractivity contribution in [2.45, 2.75) is 6.54 Å². The Balaban J connectivity index is 1.70. The fourth-order valence-electron chi connectivity index (χ4n) is 2.23. The van der Waals surface area contributed by atoms with Crippen LogP contribution in [0, 0.1) is 5.82 Å². The van der Waals surface area contributed by atoms with Gasteiger partial charge < -0.3 is 9.84 Å². The summed E-state index contributed by atoms with van der Waals surface area (Å²) < 4.78 is 18.2. The number of piperazine rings is 1. The molecule has 3 rings (SSSR count). The minimum absolute atomic E-state index is 0.242. The monoisotopic (exact) mass is 261 g/mol. The van der Waals surface area contributed by atoms with Crippen molar-refractivity contribution in [3.05, 3.63) is 41.9 Å². The zero-order valence-electron chi connectivity index (χ0n) is 10.6. The maximum absolute atomic E-state index is 12.9. The van der Waals surface area contributed by atoms with Gasteiger partial charge in [-0.15, -0.1) is 0 Å². The Kier molecular flexibility index (Phi) is 3.57. The van der Waals surface area contributed by atoms with E-state index in [1.54, 1.807) is 12.1 Å². The van der Waals surface area contributed by atoms with E-state index < -0.39 is 0 Å². The van der Waals surface area contributed by atoms with Gasteiger partial charge in [0, 0.05) is 37.8 Å². The summed E-state index contributed by atoms with van der Waals surface area (Å²) in [6.45, 7) is 4.84. The van der Waals surface area contributed by atoms with Crippen LogP contribution in [0.5, 0.6) is 0 Å². The van der Waals surface area contributed by atoms with Crippen molar-refractivity contribution in [1.29, 1.82) is 0 Å². The molecule has 0 bridgehead atoms. The minimum atomic E-state index is -0.242. The van der Waals surface area contributed by atoms with E-state index >= 15 is 0 Å². The number of aromatic nitrogens is 1. The fourth-order valence-corrected chi connectivity index (χ4v) is 2.23. The molecule has 0 aliphatic carbocycles. The second-order valence-electron chi connectivity index (χ2n) is 4.71. The average Bonchev–Trinajstić information content (AvgIpc) is 2.89. The van der Waals surface area contributed by atoms with E-state index in [-0.39, 0.29) is 5.82 Å². The summed E-state index contributed by atoms with van der Waals surface area (Å²) in [4.78, 5) is 2.32. The van der Waals surface area contributed by atoms with Crippen molar-refractivity contribution >= 4 is 0 Å². The Morgan fingerprint density at radius 1 is 1.21 bits per heavy atom. The Labute approximate surface area is 111 Å². The standard InChI is InChI=1S/C14H16FN3O/c15-12-3-1-11(2-4-12)14-9-13(19-17-14)10-18-7-5-16-6-8-18/h1-4,9,16H,5-8,10H2. The highest BCUT2D eigenvalue weighted by Crippen LogP contribution is 2.20. The Bertz CT molecular complexity index is 532. The van der Waals surface area contributed by atoms with Gasteiger partial charge in [0.2, 0.25) is 0 Å². The molecule has 100 valence electrons. The molecule has 0 saturated carbocycles. The highest BCUT2D eigenvalue weighted by molar-refractivity contribution is 5.58. The number of halogens is 1. The maximum Gasteiger partial charge on any atom is 0.151 e. The van der Waals surface area contributed by atoms with Gasteiger partial charge in [-0.3, -0.25) is 4.90 Å².